The third kappa shape index (κ3) is 8.80. The van der Waals surface area contributed by atoms with Gasteiger partial charge in [-0.05, 0) is 67.3 Å². The highest BCUT2D eigenvalue weighted by Gasteiger charge is 2.15. The van der Waals surface area contributed by atoms with Crippen LogP contribution in [0.15, 0.2) is 88.7 Å². The summed E-state index contributed by atoms with van der Waals surface area (Å²) in [5.74, 6) is 0.342. The molecule has 0 atom stereocenters. The lowest BCUT2D eigenvalue weighted by atomic mass is 10.1. The van der Waals surface area contributed by atoms with E-state index in [0.29, 0.717) is 25.3 Å². The van der Waals surface area contributed by atoms with Gasteiger partial charge >= 0.3 is 12.0 Å². The van der Waals surface area contributed by atoms with Crippen LogP contribution >= 0.6 is 11.8 Å². The summed E-state index contributed by atoms with van der Waals surface area (Å²) in [5.41, 5.74) is 2.09. The number of hydrogen-bond acceptors (Lipinski definition) is 4. The van der Waals surface area contributed by atoms with E-state index in [1.807, 2.05) is 78.6 Å². The summed E-state index contributed by atoms with van der Waals surface area (Å²) in [7, 11) is 0. The van der Waals surface area contributed by atoms with Gasteiger partial charge in [0.25, 0.3) is 0 Å². The number of carbonyl (C=O) groups is 2. The van der Waals surface area contributed by atoms with Crippen molar-refractivity contribution in [3.63, 3.8) is 0 Å². The minimum Gasteiger partial charge on any atom is -0.427 e. The van der Waals surface area contributed by atoms with E-state index in [-0.39, 0.29) is 12.0 Å². The van der Waals surface area contributed by atoms with Crippen molar-refractivity contribution in [3.05, 3.63) is 84.4 Å². The summed E-state index contributed by atoms with van der Waals surface area (Å²) in [6, 6.07) is 25.6. The first-order valence-corrected chi connectivity index (χ1v) is 13.1. The first kappa shape index (κ1) is 26.4. The van der Waals surface area contributed by atoms with Gasteiger partial charge in [0.1, 0.15) is 5.75 Å². The van der Waals surface area contributed by atoms with Gasteiger partial charge < -0.3 is 10.1 Å². The van der Waals surface area contributed by atoms with E-state index in [1.54, 1.807) is 11.8 Å². The fourth-order valence-corrected chi connectivity index (χ4v) is 4.40. The van der Waals surface area contributed by atoms with E-state index < -0.39 is 0 Å². The number of ether oxygens (including phenoxy) is 1. The van der Waals surface area contributed by atoms with Crippen molar-refractivity contribution < 1.29 is 14.3 Å². The van der Waals surface area contributed by atoms with Crippen molar-refractivity contribution in [2.45, 2.75) is 55.7 Å². The lowest BCUT2D eigenvalue weighted by molar-refractivity contribution is -0.134. The second-order valence-electron chi connectivity index (χ2n) is 8.27. The van der Waals surface area contributed by atoms with Gasteiger partial charge in [-0.3, -0.25) is 9.69 Å². The lowest BCUT2D eigenvalue weighted by Crippen LogP contribution is -2.41. The van der Waals surface area contributed by atoms with Gasteiger partial charge in [0.2, 0.25) is 0 Å². The number of esters is 1. The molecule has 184 valence electrons. The molecule has 0 heterocycles. The van der Waals surface area contributed by atoms with Crippen LogP contribution in [0, 0.1) is 0 Å². The van der Waals surface area contributed by atoms with Gasteiger partial charge in [-0.1, -0.05) is 68.4 Å². The molecule has 0 radical (unpaired) electrons. The zero-order valence-corrected chi connectivity index (χ0v) is 21.4. The highest BCUT2D eigenvalue weighted by molar-refractivity contribution is 7.99. The Balaban J connectivity index is 1.63. The third-order valence-electron chi connectivity index (χ3n) is 5.39. The molecule has 0 saturated heterocycles. The van der Waals surface area contributed by atoms with E-state index in [1.165, 1.54) is 5.56 Å². The molecule has 0 aliphatic carbocycles. The van der Waals surface area contributed by atoms with Crippen LogP contribution in [0.5, 0.6) is 5.75 Å². The maximum atomic E-state index is 13.0. The Morgan fingerprint density at radius 1 is 0.886 bits per heavy atom. The van der Waals surface area contributed by atoms with E-state index in [9.17, 15) is 9.59 Å². The largest absolute Gasteiger partial charge is 0.427 e. The molecule has 0 aliphatic rings. The molecule has 0 unspecified atom stereocenters. The molecule has 0 aliphatic heterocycles. The van der Waals surface area contributed by atoms with Crippen molar-refractivity contribution in [3.8, 4) is 5.75 Å². The Labute approximate surface area is 212 Å². The quantitative estimate of drug-likeness (QED) is 0.217. The average Bonchev–Trinajstić information content (AvgIpc) is 2.86. The second kappa shape index (κ2) is 14.2. The molecule has 0 bridgehead atoms. The molecular formula is C29H34N2O3S. The van der Waals surface area contributed by atoms with Crippen LogP contribution in [0.1, 0.15) is 45.1 Å². The highest BCUT2D eigenvalue weighted by Crippen LogP contribution is 2.31. The summed E-state index contributed by atoms with van der Waals surface area (Å²) < 4.78 is 5.34. The highest BCUT2D eigenvalue weighted by atomic mass is 32.2. The normalized spacial score (nSPS) is 10.6. The number of nitrogens with one attached hydrogen (secondary N) is 1. The Bertz CT molecular complexity index is 1070. The predicted octanol–water partition coefficient (Wildman–Crippen LogP) is 7.10. The number of benzene rings is 3. The molecule has 0 aromatic heterocycles. The number of anilines is 1. The van der Waals surface area contributed by atoms with Gasteiger partial charge in [0.15, 0.2) is 0 Å². The zero-order chi connectivity index (χ0) is 24.9. The van der Waals surface area contributed by atoms with Crippen molar-refractivity contribution in [2.24, 2.45) is 0 Å². The van der Waals surface area contributed by atoms with E-state index in [0.717, 1.165) is 41.2 Å². The SMILES string of the molecule is CCCCN(C(=O)NCCc1ccccc1)c1cccc(Sc2ccc(OC(=O)CCC)cc2)c1. The lowest BCUT2D eigenvalue weighted by Gasteiger charge is -2.24. The van der Waals surface area contributed by atoms with Gasteiger partial charge in [-0.15, -0.1) is 0 Å². The van der Waals surface area contributed by atoms with Gasteiger partial charge in [0, 0.05) is 35.0 Å². The van der Waals surface area contributed by atoms with Crippen molar-refractivity contribution in [1.82, 2.24) is 5.32 Å². The van der Waals surface area contributed by atoms with Crippen LogP contribution in [-0.4, -0.2) is 25.1 Å². The van der Waals surface area contributed by atoms with Crippen molar-refractivity contribution in [1.29, 1.82) is 0 Å². The fraction of sp³-hybridized carbons (Fsp3) is 0.310. The molecule has 1 N–H and O–H groups in total. The number of amides is 2. The maximum Gasteiger partial charge on any atom is 0.321 e. The summed E-state index contributed by atoms with van der Waals surface area (Å²) in [6.45, 7) is 5.34. The van der Waals surface area contributed by atoms with Crippen LogP contribution in [0.3, 0.4) is 0 Å². The van der Waals surface area contributed by atoms with E-state index in [2.05, 4.69) is 24.4 Å². The number of carbonyl (C=O) groups excluding carboxylic acids is 2. The zero-order valence-electron chi connectivity index (χ0n) is 20.5. The molecule has 3 aromatic rings. The number of rotatable bonds is 12. The first-order chi connectivity index (χ1) is 17.1. The van der Waals surface area contributed by atoms with E-state index >= 15 is 0 Å². The first-order valence-electron chi connectivity index (χ1n) is 12.3. The predicted molar refractivity (Wildman–Crippen MR) is 143 cm³/mol. The average molecular weight is 491 g/mol. The van der Waals surface area contributed by atoms with Gasteiger partial charge in [0.05, 0.1) is 0 Å². The maximum absolute atomic E-state index is 13.0. The number of unbranched alkanes of at least 4 members (excludes halogenated alkanes) is 1. The third-order valence-corrected chi connectivity index (χ3v) is 6.39. The molecule has 3 aromatic carbocycles. The second-order valence-corrected chi connectivity index (χ2v) is 9.41. The molecule has 5 nitrogen and oxygen atoms in total. The Kier molecular flexibility index (Phi) is 10.7. The minimum atomic E-state index is -0.213. The summed E-state index contributed by atoms with van der Waals surface area (Å²) in [5, 5.41) is 3.08. The van der Waals surface area contributed by atoms with Crippen LogP contribution in [0.25, 0.3) is 0 Å². The van der Waals surface area contributed by atoms with Crippen molar-refractivity contribution >= 4 is 29.4 Å². The molecular weight excluding hydrogens is 456 g/mol. The number of nitrogens with zero attached hydrogens (tertiary/aromatic N) is 1. The van der Waals surface area contributed by atoms with Gasteiger partial charge in [-0.25, -0.2) is 4.79 Å². The van der Waals surface area contributed by atoms with Crippen LogP contribution in [0.4, 0.5) is 10.5 Å². The summed E-state index contributed by atoms with van der Waals surface area (Å²) in [6.07, 6.45) is 3.92. The molecule has 3 rings (SSSR count). The summed E-state index contributed by atoms with van der Waals surface area (Å²) >= 11 is 1.61. The number of hydrogen-bond donors (Lipinski definition) is 1. The van der Waals surface area contributed by atoms with Crippen LogP contribution < -0.4 is 15.0 Å². The Morgan fingerprint density at radius 2 is 1.66 bits per heavy atom. The van der Waals surface area contributed by atoms with E-state index in [4.69, 9.17) is 4.74 Å². The molecule has 0 saturated carbocycles. The Hall–Kier alpha value is -3.25. The molecule has 2 amide bonds. The van der Waals surface area contributed by atoms with Crippen LogP contribution in [-0.2, 0) is 11.2 Å². The molecule has 35 heavy (non-hydrogen) atoms. The fourth-order valence-electron chi connectivity index (χ4n) is 3.53. The minimum absolute atomic E-state index is 0.0743. The molecule has 6 heteroatoms. The van der Waals surface area contributed by atoms with Gasteiger partial charge in [-0.2, -0.15) is 0 Å². The summed E-state index contributed by atoms with van der Waals surface area (Å²) in [4.78, 5) is 28.6. The topological polar surface area (TPSA) is 58.6 Å². The molecule has 0 fully saturated rings. The standard InChI is InChI=1S/C29H34N2O3S/c1-3-5-21-31(29(33)30-20-19-23-11-7-6-8-12-23)24-13-9-14-27(22-24)35-26-17-15-25(16-18-26)34-28(32)10-4-2/h6-9,11-18,22H,3-5,10,19-21H2,1-2H3,(H,30,33). The van der Waals surface area contributed by atoms with Crippen molar-refractivity contribution in [2.75, 3.05) is 18.0 Å². The number of urea groups is 1. The van der Waals surface area contributed by atoms with Crippen LogP contribution in [0.2, 0.25) is 0 Å². The monoisotopic (exact) mass is 490 g/mol. The molecule has 0 spiro atoms. The smallest absolute Gasteiger partial charge is 0.321 e. The Morgan fingerprint density at radius 3 is 2.37 bits per heavy atom.